The van der Waals surface area contributed by atoms with Crippen molar-refractivity contribution in [2.45, 2.75) is 4.90 Å². The molecule has 2 N–H and O–H groups in total. The summed E-state index contributed by atoms with van der Waals surface area (Å²) in [5.74, 6) is 0. The van der Waals surface area contributed by atoms with Crippen molar-refractivity contribution in [2.24, 2.45) is 0 Å². The Morgan fingerprint density at radius 1 is 1.06 bits per heavy atom. The standard InChI is InChI=1S/C13H10N2S/c14-8-10-6-7-11(12(15)13(10)16)9-4-2-1-3-5-9/h1-7,16H,15H2. The second-order valence-electron chi connectivity index (χ2n) is 3.40. The molecule has 2 aromatic rings. The van der Waals surface area contributed by atoms with E-state index in [4.69, 9.17) is 11.0 Å². The number of hydrogen-bond donors (Lipinski definition) is 2. The van der Waals surface area contributed by atoms with Crippen LogP contribution in [-0.4, -0.2) is 0 Å². The molecule has 78 valence electrons. The number of nitriles is 1. The maximum absolute atomic E-state index is 8.85. The lowest BCUT2D eigenvalue weighted by Crippen LogP contribution is -1.94. The molecule has 2 nitrogen and oxygen atoms in total. The molecule has 0 unspecified atom stereocenters. The molecular formula is C13H10N2S. The van der Waals surface area contributed by atoms with E-state index >= 15 is 0 Å². The van der Waals surface area contributed by atoms with Gasteiger partial charge in [-0.25, -0.2) is 0 Å². The van der Waals surface area contributed by atoms with Crippen LogP contribution in [0.15, 0.2) is 47.4 Å². The Balaban J connectivity index is 2.62. The van der Waals surface area contributed by atoms with Crippen LogP contribution < -0.4 is 5.73 Å². The van der Waals surface area contributed by atoms with Crippen LogP contribution in [0.5, 0.6) is 0 Å². The van der Waals surface area contributed by atoms with Gasteiger partial charge >= 0.3 is 0 Å². The summed E-state index contributed by atoms with van der Waals surface area (Å²) >= 11 is 4.26. The summed E-state index contributed by atoms with van der Waals surface area (Å²) in [7, 11) is 0. The quantitative estimate of drug-likeness (QED) is 0.580. The zero-order valence-electron chi connectivity index (χ0n) is 8.51. The Morgan fingerprint density at radius 3 is 2.38 bits per heavy atom. The highest BCUT2D eigenvalue weighted by Gasteiger charge is 2.08. The second-order valence-corrected chi connectivity index (χ2v) is 3.85. The predicted octanol–water partition coefficient (Wildman–Crippen LogP) is 3.10. The molecule has 0 bridgehead atoms. The third-order valence-corrected chi connectivity index (χ3v) is 2.90. The van der Waals surface area contributed by atoms with Crippen LogP contribution in [0.2, 0.25) is 0 Å². The number of nitrogens with two attached hydrogens (primary N) is 1. The monoisotopic (exact) mass is 226 g/mol. The van der Waals surface area contributed by atoms with E-state index in [1.807, 2.05) is 36.4 Å². The van der Waals surface area contributed by atoms with E-state index in [-0.39, 0.29) is 0 Å². The maximum Gasteiger partial charge on any atom is 0.100 e. The van der Waals surface area contributed by atoms with Crippen LogP contribution in [0.25, 0.3) is 11.1 Å². The molecule has 0 radical (unpaired) electrons. The van der Waals surface area contributed by atoms with Crippen LogP contribution in [0.1, 0.15) is 5.56 Å². The Hall–Kier alpha value is -1.92. The fraction of sp³-hybridized carbons (Fsp3) is 0. The van der Waals surface area contributed by atoms with E-state index in [0.29, 0.717) is 16.1 Å². The number of nitrogens with zero attached hydrogens (tertiary/aromatic N) is 1. The van der Waals surface area contributed by atoms with Gasteiger partial charge in [0.2, 0.25) is 0 Å². The average Bonchev–Trinajstić information content (AvgIpc) is 2.34. The maximum atomic E-state index is 8.85. The molecule has 0 aromatic heterocycles. The third kappa shape index (κ3) is 1.75. The Labute approximate surface area is 99.7 Å². The van der Waals surface area contributed by atoms with E-state index in [1.165, 1.54) is 0 Å². The average molecular weight is 226 g/mol. The summed E-state index contributed by atoms with van der Waals surface area (Å²) in [5.41, 5.74) is 8.95. The molecular weight excluding hydrogens is 216 g/mol. The highest BCUT2D eigenvalue weighted by molar-refractivity contribution is 7.80. The lowest BCUT2D eigenvalue weighted by atomic mass is 10.0. The van der Waals surface area contributed by atoms with Crippen molar-refractivity contribution < 1.29 is 0 Å². The number of thiol groups is 1. The van der Waals surface area contributed by atoms with Gasteiger partial charge in [-0.15, -0.1) is 12.6 Å². The zero-order valence-corrected chi connectivity index (χ0v) is 9.41. The van der Waals surface area contributed by atoms with E-state index < -0.39 is 0 Å². The van der Waals surface area contributed by atoms with Crippen LogP contribution in [-0.2, 0) is 0 Å². The van der Waals surface area contributed by atoms with Crippen molar-refractivity contribution in [1.29, 1.82) is 5.26 Å². The van der Waals surface area contributed by atoms with Gasteiger partial charge in [0.1, 0.15) is 6.07 Å². The smallest absolute Gasteiger partial charge is 0.100 e. The van der Waals surface area contributed by atoms with Crippen LogP contribution in [0.3, 0.4) is 0 Å². The SMILES string of the molecule is N#Cc1ccc(-c2ccccc2)c(N)c1S. The number of anilines is 1. The molecule has 0 saturated carbocycles. The van der Waals surface area contributed by atoms with Crippen molar-refractivity contribution >= 4 is 18.3 Å². The van der Waals surface area contributed by atoms with Crippen molar-refractivity contribution in [3.63, 3.8) is 0 Å². The highest BCUT2D eigenvalue weighted by atomic mass is 32.1. The molecule has 0 amide bonds. The van der Waals surface area contributed by atoms with Crippen molar-refractivity contribution in [3.05, 3.63) is 48.0 Å². The number of benzene rings is 2. The molecule has 0 heterocycles. The molecule has 0 aliphatic carbocycles. The van der Waals surface area contributed by atoms with E-state index in [0.717, 1.165) is 11.1 Å². The molecule has 2 aromatic carbocycles. The molecule has 0 aliphatic rings. The van der Waals surface area contributed by atoms with Gasteiger partial charge in [-0.3, -0.25) is 0 Å². The van der Waals surface area contributed by atoms with Gasteiger partial charge in [0.05, 0.1) is 11.3 Å². The van der Waals surface area contributed by atoms with Gasteiger partial charge in [-0.1, -0.05) is 36.4 Å². The molecule has 3 heteroatoms. The number of hydrogen-bond acceptors (Lipinski definition) is 3. The van der Waals surface area contributed by atoms with Gasteiger partial charge in [-0.05, 0) is 11.6 Å². The summed E-state index contributed by atoms with van der Waals surface area (Å²) in [5, 5.41) is 8.85. The Kier molecular flexibility index (Phi) is 2.84. The topological polar surface area (TPSA) is 49.8 Å². The third-order valence-electron chi connectivity index (χ3n) is 2.42. The molecule has 2 rings (SSSR count). The lowest BCUT2D eigenvalue weighted by molar-refractivity contribution is 1.38. The van der Waals surface area contributed by atoms with Crippen LogP contribution >= 0.6 is 12.6 Å². The first kappa shape index (κ1) is 10.6. The summed E-state index contributed by atoms with van der Waals surface area (Å²) in [6.07, 6.45) is 0. The summed E-state index contributed by atoms with van der Waals surface area (Å²) < 4.78 is 0. The minimum Gasteiger partial charge on any atom is -0.397 e. The summed E-state index contributed by atoms with van der Waals surface area (Å²) in [6, 6.07) is 15.4. The minimum atomic E-state index is 0.500. The fourth-order valence-electron chi connectivity index (χ4n) is 1.57. The zero-order chi connectivity index (χ0) is 11.5. The molecule has 0 spiro atoms. The van der Waals surface area contributed by atoms with Gasteiger partial charge in [0.15, 0.2) is 0 Å². The molecule has 0 fully saturated rings. The first-order valence-corrected chi connectivity index (χ1v) is 5.25. The minimum absolute atomic E-state index is 0.500. The Bertz CT molecular complexity index is 556. The van der Waals surface area contributed by atoms with Crippen molar-refractivity contribution in [2.75, 3.05) is 5.73 Å². The van der Waals surface area contributed by atoms with Gasteiger partial charge in [0.25, 0.3) is 0 Å². The highest BCUT2D eigenvalue weighted by Crippen LogP contribution is 2.32. The summed E-state index contributed by atoms with van der Waals surface area (Å²) in [4.78, 5) is 0.545. The second kappa shape index (κ2) is 4.30. The normalized spacial score (nSPS) is 9.75. The first-order valence-electron chi connectivity index (χ1n) is 4.81. The van der Waals surface area contributed by atoms with Crippen molar-refractivity contribution in [1.82, 2.24) is 0 Å². The van der Waals surface area contributed by atoms with Crippen LogP contribution in [0, 0.1) is 11.3 Å². The first-order chi connectivity index (χ1) is 7.74. The molecule has 16 heavy (non-hydrogen) atoms. The fourth-order valence-corrected chi connectivity index (χ4v) is 1.81. The van der Waals surface area contributed by atoms with E-state index in [2.05, 4.69) is 18.7 Å². The van der Waals surface area contributed by atoms with Gasteiger partial charge in [0, 0.05) is 10.5 Å². The largest absolute Gasteiger partial charge is 0.397 e. The van der Waals surface area contributed by atoms with Crippen LogP contribution in [0.4, 0.5) is 5.69 Å². The molecule has 0 atom stereocenters. The van der Waals surface area contributed by atoms with Gasteiger partial charge < -0.3 is 5.73 Å². The Morgan fingerprint density at radius 2 is 1.75 bits per heavy atom. The summed E-state index contributed by atoms with van der Waals surface area (Å²) in [6.45, 7) is 0. The van der Waals surface area contributed by atoms with Gasteiger partial charge in [-0.2, -0.15) is 5.26 Å². The van der Waals surface area contributed by atoms with E-state index in [9.17, 15) is 0 Å². The molecule has 0 aliphatic heterocycles. The van der Waals surface area contributed by atoms with E-state index in [1.54, 1.807) is 6.07 Å². The van der Waals surface area contributed by atoms with Crippen molar-refractivity contribution in [3.8, 4) is 17.2 Å². The molecule has 0 saturated heterocycles. The number of nitrogen functional groups attached to an aromatic ring is 1. The number of rotatable bonds is 1. The predicted molar refractivity (Wildman–Crippen MR) is 68.3 cm³/mol. The lowest BCUT2D eigenvalue weighted by Gasteiger charge is -2.09.